The van der Waals surface area contributed by atoms with Crippen LogP contribution in [0.4, 0.5) is 0 Å². The topological polar surface area (TPSA) is 86.8 Å². The molecule has 2 aromatic heterocycles. The fourth-order valence-electron chi connectivity index (χ4n) is 4.56. The van der Waals surface area contributed by atoms with Gasteiger partial charge in [0, 0.05) is 16.8 Å². The fourth-order valence-corrected chi connectivity index (χ4v) is 5.24. The molecule has 1 N–H and O–H groups in total. The number of para-hydroxylation sites is 1. The van der Waals surface area contributed by atoms with Crippen LogP contribution in [-0.2, 0) is 22.5 Å². The number of pyridine rings is 1. The van der Waals surface area contributed by atoms with Gasteiger partial charge in [-0.2, -0.15) is 0 Å². The molecule has 1 amide bonds. The van der Waals surface area contributed by atoms with Gasteiger partial charge in [0.05, 0.1) is 16.8 Å². The summed E-state index contributed by atoms with van der Waals surface area (Å²) in [7, 11) is 0. The van der Waals surface area contributed by atoms with E-state index in [1.54, 1.807) is 17.4 Å². The molecular formula is C28H22N2O5S. The van der Waals surface area contributed by atoms with E-state index in [1.165, 1.54) is 0 Å². The first-order valence-corrected chi connectivity index (χ1v) is 12.5. The van der Waals surface area contributed by atoms with E-state index in [0.717, 1.165) is 44.6 Å². The Morgan fingerprint density at radius 1 is 1.06 bits per heavy atom. The molecule has 0 fully saturated rings. The van der Waals surface area contributed by atoms with Gasteiger partial charge in [-0.05, 0) is 65.3 Å². The molecule has 2 aliphatic rings. The van der Waals surface area contributed by atoms with Crippen molar-refractivity contribution in [1.82, 2.24) is 10.3 Å². The highest BCUT2D eigenvalue weighted by molar-refractivity contribution is 7.10. The Morgan fingerprint density at radius 2 is 1.94 bits per heavy atom. The van der Waals surface area contributed by atoms with Gasteiger partial charge in [0.2, 0.25) is 6.79 Å². The van der Waals surface area contributed by atoms with Gasteiger partial charge in [0.15, 0.2) is 18.1 Å². The molecule has 36 heavy (non-hydrogen) atoms. The first kappa shape index (κ1) is 22.3. The van der Waals surface area contributed by atoms with Crippen molar-refractivity contribution in [1.29, 1.82) is 0 Å². The third-order valence-corrected chi connectivity index (χ3v) is 7.09. The summed E-state index contributed by atoms with van der Waals surface area (Å²) in [4.78, 5) is 31.7. The molecule has 0 saturated heterocycles. The number of hydrogen-bond donors (Lipinski definition) is 1. The summed E-state index contributed by atoms with van der Waals surface area (Å²) in [6.07, 6.45) is 3.63. The number of nitrogens with zero attached hydrogens (tertiary/aromatic N) is 1. The second kappa shape index (κ2) is 9.47. The highest BCUT2D eigenvalue weighted by Gasteiger charge is 2.28. The summed E-state index contributed by atoms with van der Waals surface area (Å²) in [5.74, 6) is 0.443. The maximum absolute atomic E-state index is 13.3. The van der Waals surface area contributed by atoms with Gasteiger partial charge in [0.1, 0.15) is 0 Å². The van der Waals surface area contributed by atoms with E-state index in [4.69, 9.17) is 19.2 Å². The fraction of sp³-hybridized carbons (Fsp3) is 0.179. The Kier molecular flexibility index (Phi) is 5.87. The molecule has 1 aliphatic heterocycles. The molecule has 0 atom stereocenters. The second-order valence-corrected chi connectivity index (χ2v) is 9.54. The Bertz CT molecular complexity index is 1510. The molecule has 0 spiro atoms. The third-order valence-electron chi connectivity index (χ3n) is 6.27. The lowest BCUT2D eigenvalue weighted by atomic mass is 10.0. The van der Waals surface area contributed by atoms with Crippen LogP contribution < -0.4 is 14.8 Å². The molecule has 0 saturated carbocycles. The Morgan fingerprint density at radius 3 is 2.83 bits per heavy atom. The SMILES string of the molecule is O=C(COC(=O)c1c2c(nc3ccccc13)/C(=C\c1cccs1)CC2)NCc1ccc2c(c1)OCO2. The Hall–Kier alpha value is -4.17. The van der Waals surface area contributed by atoms with Crippen molar-refractivity contribution in [3.63, 3.8) is 0 Å². The van der Waals surface area contributed by atoms with Crippen molar-refractivity contribution in [3.8, 4) is 11.5 Å². The molecule has 0 unspecified atom stereocenters. The molecule has 1 aliphatic carbocycles. The summed E-state index contributed by atoms with van der Waals surface area (Å²) < 4.78 is 16.2. The third kappa shape index (κ3) is 4.31. The first-order valence-electron chi connectivity index (χ1n) is 11.6. The van der Waals surface area contributed by atoms with Crippen molar-refractivity contribution in [2.75, 3.05) is 13.4 Å². The van der Waals surface area contributed by atoms with Crippen LogP contribution in [0.3, 0.4) is 0 Å². The normalized spacial score (nSPS) is 14.7. The minimum absolute atomic E-state index is 0.194. The average molecular weight is 499 g/mol. The van der Waals surface area contributed by atoms with Crippen molar-refractivity contribution in [2.45, 2.75) is 19.4 Å². The Labute approximate surface area is 211 Å². The molecule has 4 aromatic rings. The van der Waals surface area contributed by atoms with Gasteiger partial charge < -0.3 is 19.5 Å². The van der Waals surface area contributed by atoms with Crippen molar-refractivity contribution in [2.24, 2.45) is 0 Å². The highest BCUT2D eigenvalue weighted by atomic mass is 32.1. The predicted molar refractivity (Wildman–Crippen MR) is 137 cm³/mol. The number of carbonyl (C=O) groups is 2. The molecule has 0 radical (unpaired) electrons. The van der Waals surface area contributed by atoms with Crippen LogP contribution in [0.15, 0.2) is 60.0 Å². The summed E-state index contributed by atoms with van der Waals surface area (Å²) in [6.45, 7) is 0.115. The number of amides is 1. The lowest BCUT2D eigenvalue weighted by Gasteiger charge is -2.12. The lowest BCUT2D eigenvalue weighted by molar-refractivity contribution is -0.124. The molecule has 7 nitrogen and oxygen atoms in total. The van der Waals surface area contributed by atoms with Crippen molar-refractivity contribution in [3.05, 3.63) is 87.2 Å². The van der Waals surface area contributed by atoms with Gasteiger partial charge in [0.25, 0.3) is 5.91 Å². The van der Waals surface area contributed by atoms with Gasteiger partial charge in [-0.3, -0.25) is 4.79 Å². The highest BCUT2D eigenvalue weighted by Crippen LogP contribution is 2.38. The number of carbonyl (C=O) groups excluding carboxylic acids is 2. The van der Waals surface area contributed by atoms with E-state index >= 15 is 0 Å². The summed E-state index contributed by atoms with van der Waals surface area (Å²) in [5, 5.41) is 5.56. The van der Waals surface area contributed by atoms with Gasteiger partial charge >= 0.3 is 5.97 Å². The van der Waals surface area contributed by atoms with Crippen LogP contribution in [0.25, 0.3) is 22.6 Å². The van der Waals surface area contributed by atoms with Crippen LogP contribution in [0.1, 0.15) is 38.5 Å². The Balaban J connectivity index is 1.19. The predicted octanol–water partition coefficient (Wildman–Crippen LogP) is 4.99. The molecule has 0 bridgehead atoms. The zero-order valence-corrected chi connectivity index (χ0v) is 20.1. The average Bonchev–Trinajstić information content (AvgIpc) is 3.66. The number of benzene rings is 2. The van der Waals surface area contributed by atoms with E-state index in [0.29, 0.717) is 23.5 Å². The number of fused-ring (bicyclic) bond motifs is 3. The van der Waals surface area contributed by atoms with E-state index in [2.05, 4.69) is 17.5 Å². The zero-order valence-electron chi connectivity index (χ0n) is 19.3. The van der Waals surface area contributed by atoms with Crippen molar-refractivity contribution >= 4 is 45.8 Å². The number of hydrogen-bond acceptors (Lipinski definition) is 7. The van der Waals surface area contributed by atoms with Crippen molar-refractivity contribution < 1.29 is 23.8 Å². The first-order chi connectivity index (χ1) is 17.7. The van der Waals surface area contributed by atoms with E-state index < -0.39 is 5.97 Å². The number of thiophene rings is 1. The molecule has 180 valence electrons. The second-order valence-electron chi connectivity index (χ2n) is 8.56. The quantitative estimate of drug-likeness (QED) is 0.377. The van der Waals surface area contributed by atoms with Crippen LogP contribution in [0, 0.1) is 0 Å². The van der Waals surface area contributed by atoms with Crippen LogP contribution >= 0.6 is 11.3 Å². The zero-order chi connectivity index (χ0) is 24.5. The maximum atomic E-state index is 13.3. The molecule has 6 rings (SSSR count). The van der Waals surface area contributed by atoms with Gasteiger partial charge in [-0.1, -0.05) is 30.3 Å². The number of rotatable bonds is 6. The lowest BCUT2D eigenvalue weighted by Crippen LogP contribution is -2.28. The molecule has 2 aromatic carbocycles. The number of allylic oxidation sites excluding steroid dienone is 1. The molecule has 3 heterocycles. The van der Waals surface area contributed by atoms with Gasteiger partial charge in [-0.15, -0.1) is 11.3 Å². The maximum Gasteiger partial charge on any atom is 0.339 e. The standard InChI is InChI=1S/C28H22N2O5S/c31-25(29-14-17-7-10-23-24(12-17)35-16-34-23)15-33-28(32)26-20-5-1-2-6-22(20)30-27-18(8-9-21(26)27)13-19-4-3-11-36-19/h1-7,10-13H,8-9,14-16H2,(H,29,31)/b18-13-. The van der Waals surface area contributed by atoms with E-state index in [1.807, 2.05) is 47.8 Å². The number of nitrogens with one attached hydrogen (secondary N) is 1. The number of aromatic nitrogens is 1. The minimum atomic E-state index is -0.513. The van der Waals surface area contributed by atoms with E-state index in [9.17, 15) is 9.59 Å². The summed E-state index contributed by atoms with van der Waals surface area (Å²) in [5.41, 5.74) is 4.91. The van der Waals surface area contributed by atoms with Gasteiger partial charge in [-0.25, -0.2) is 9.78 Å². The van der Waals surface area contributed by atoms with E-state index in [-0.39, 0.29) is 25.9 Å². The summed E-state index contributed by atoms with van der Waals surface area (Å²) in [6, 6.07) is 17.1. The smallest absolute Gasteiger partial charge is 0.339 e. The summed E-state index contributed by atoms with van der Waals surface area (Å²) >= 11 is 1.67. The molecular weight excluding hydrogens is 476 g/mol. The van der Waals surface area contributed by atoms with Crippen LogP contribution in [-0.4, -0.2) is 30.3 Å². The minimum Gasteiger partial charge on any atom is -0.454 e. The van der Waals surface area contributed by atoms with Crippen LogP contribution in [0.2, 0.25) is 0 Å². The number of esters is 1. The monoisotopic (exact) mass is 498 g/mol. The van der Waals surface area contributed by atoms with Crippen LogP contribution in [0.5, 0.6) is 11.5 Å². The molecule has 8 heteroatoms. The largest absolute Gasteiger partial charge is 0.454 e. The number of ether oxygens (including phenoxy) is 3.